The summed E-state index contributed by atoms with van der Waals surface area (Å²) in [7, 11) is 0. The van der Waals surface area contributed by atoms with E-state index >= 15 is 0 Å². The van der Waals surface area contributed by atoms with Crippen LogP contribution in [-0.4, -0.2) is 21.9 Å². The van der Waals surface area contributed by atoms with Crippen molar-refractivity contribution in [2.45, 2.75) is 18.2 Å². The number of carbonyl (C=O) groups excluding carboxylic acids is 1. The number of hydrogen-bond acceptors (Lipinski definition) is 5. The summed E-state index contributed by atoms with van der Waals surface area (Å²) in [6, 6.07) is 5.82. The second-order valence-electron chi connectivity index (χ2n) is 3.91. The summed E-state index contributed by atoms with van der Waals surface area (Å²) < 4.78 is 1.70. The maximum Gasteiger partial charge on any atom is 0.234 e. The van der Waals surface area contributed by atoms with E-state index in [0.717, 1.165) is 25.1 Å². The second kappa shape index (κ2) is 6.49. The molecule has 0 radical (unpaired) electrons. The zero-order valence-corrected chi connectivity index (χ0v) is 13.7. The molecule has 1 N–H and O–H groups in total. The highest BCUT2D eigenvalue weighted by atomic mass is 79.9. The van der Waals surface area contributed by atoms with E-state index in [0.29, 0.717) is 5.75 Å². The maximum atomic E-state index is 11.8. The number of hydrogen-bond donors (Lipinski definition) is 1. The number of aromatic nitrogens is 2. The molecule has 1 heterocycles. The smallest absolute Gasteiger partial charge is 0.234 e. The van der Waals surface area contributed by atoms with Crippen LogP contribution in [0.3, 0.4) is 0 Å². The average Bonchev–Trinajstić information content (AvgIpc) is 2.76. The van der Waals surface area contributed by atoms with Crippen LogP contribution in [0.15, 0.2) is 27.0 Å². The standard InChI is InChI=1S/C12H12BrN3OS2/c1-7-3-4-10(9(13)5-7)14-11(17)6-18-12-16-15-8(2)19-12/h3-5H,6H2,1-2H3,(H,14,17). The van der Waals surface area contributed by atoms with Crippen molar-refractivity contribution in [3.05, 3.63) is 33.2 Å². The summed E-state index contributed by atoms with van der Waals surface area (Å²) in [5.74, 6) is 0.275. The molecule has 19 heavy (non-hydrogen) atoms. The van der Waals surface area contributed by atoms with Gasteiger partial charge in [-0.1, -0.05) is 29.2 Å². The molecule has 1 aromatic heterocycles. The number of carbonyl (C=O) groups is 1. The van der Waals surface area contributed by atoms with E-state index in [2.05, 4.69) is 31.4 Å². The van der Waals surface area contributed by atoms with Gasteiger partial charge < -0.3 is 5.32 Å². The molecule has 2 rings (SSSR count). The van der Waals surface area contributed by atoms with E-state index in [1.807, 2.05) is 32.0 Å². The molecule has 0 atom stereocenters. The molecule has 0 bridgehead atoms. The van der Waals surface area contributed by atoms with Crippen LogP contribution >= 0.6 is 39.0 Å². The number of rotatable bonds is 4. The number of nitrogens with zero attached hydrogens (tertiary/aromatic N) is 2. The van der Waals surface area contributed by atoms with Crippen LogP contribution in [0.2, 0.25) is 0 Å². The van der Waals surface area contributed by atoms with Crippen LogP contribution in [0.25, 0.3) is 0 Å². The zero-order chi connectivity index (χ0) is 13.8. The van der Waals surface area contributed by atoms with Gasteiger partial charge in [-0.2, -0.15) is 0 Å². The van der Waals surface area contributed by atoms with E-state index < -0.39 is 0 Å². The molecule has 0 unspecified atom stereocenters. The van der Waals surface area contributed by atoms with Gasteiger partial charge in [0.15, 0.2) is 4.34 Å². The third-order valence-corrected chi connectivity index (χ3v) is 4.86. The number of nitrogens with one attached hydrogen (secondary N) is 1. The highest BCUT2D eigenvalue weighted by Gasteiger charge is 2.08. The molecular formula is C12H12BrN3OS2. The van der Waals surface area contributed by atoms with Crippen LogP contribution in [0.1, 0.15) is 10.6 Å². The van der Waals surface area contributed by atoms with Crippen LogP contribution in [-0.2, 0) is 4.79 Å². The summed E-state index contributed by atoms with van der Waals surface area (Å²) >= 11 is 6.32. The van der Waals surface area contributed by atoms with Gasteiger partial charge in [0.1, 0.15) is 5.01 Å². The van der Waals surface area contributed by atoms with Crippen molar-refractivity contribution in [3.63, 3.8) is 0 Å². The molecule has 0 aliphatic heterocycles. The highest BCUT2D eigenvalue weighted by molar-refractivity contribution is 9.10. The van der Waals surface area contributed by atoms with Crippen molar-refractivity contribution >= 4 is 50.6 Å². The number of thioether (sulfide) groups is 1. The maximum absolute atomic E-state index is 11.8. The van der Waals surface area contributed by atoms with E-state index in [4.69, 9.17) is 0 Å². The molecule has 0 aliphatic rings. The van der Waals surface area contributed by atoms with E-state index in [9.17, 15) is 4.79 Å². The zero-order valence-electron chi connectivity index (χ0n) is 10.4. The lowest BCUT2D eigenvalue weighted by atomic mass is 10.2. The van der Waals surface area contributed by atoms with Crippen LogP contribution < -0.4 is 5.32 Å². The van der Waals surface area contributed by atoms with E-state index in [1.54, 1.807) is 0 Å². The molecule has 0 fully saturated rings. The Kier molecular flexibility index (Phi) is 4.95. The molecule has 0 aliphatic carbocycles. The van der Waals surface area contributed by atoms with Crippen LogP contribution in [0, 0.1) is 13.8 Å². The first-order chi connectivity index (χ1) is 9.04. The third kappa shape index (κ3) is 4.29. The van der Waals surface area contributed by atoms with Crippen molar-refractivity contribution in [2.24, 2.45) is 0 Å². The minimum atomic E-state index is -0.0533. The number of amides is 1. The average molecular weight is 358 g/mol. The largest absolute Gasteiger partial charge is 0.324 e. The lowest BCUT2D eigenvalue weighted by Gasteiger charge is -2.07. The molecule has 1 amide bonds. The Bertz CT molecular complexity index is 600. The Morgan fingerprint density at radius 2 is 2.21 bits per heavy atom. The normalized spacial score (nSPS) is 10.5. The second-order valence-corrected chi connectivity index (χ2v) is 7.17. The van der Waals surface area contributed by atoms with Gasteiger partial charge in [0.25, 0.3) is 0 Å². The van der Waals surface area contributed by atoms with Gasteiger partial charge in [-0.05, 0) is 47.5 Å². The summed E-state index contributed by atoms with van der Waals surface area (Å²) in [5.41, 5.74) is 1.92. The summed E-state index contributed by atoms with van der Waals surface area (Å²) in [6.45, 7) is 3.90. The highest BCUT2D eigenvalue weighted by Crippen LogP contribution is 2.25. The first kappa shape index (κ1) is 14.5. The van der Waals surface area contributed by atoms with Gasteiger partial charge in [-0.3, -0.25) is 4.79 Å². The Balaban J connectivity index is 1.90. The number of anilines is 1. The first-order valence-electron chi connectivity index (χ1n) is 5.53. The van der Waals surface area contributed by atoms with Crippen molar-refractivity contribution in [3.8, 4) is 0 Å². The van der Waals surface area contributed by atoms with E-state index in [1.165, 1.54) is 23.1 Å². The lowest BCUT2D eigenvalue weighted by Crippen LogP contribution is -2.14. The quantitative estimate of drug-likeness (QED) is 0.848. The van der Waals surface area contributed by atoms with Crippen molar-refractivity contribution in [1.29, 1.82) is 0 Å². The van der Waals surface area contributed by atoms with Gasteiger partial charge in [0.2, 0.25) is 5.91 Å². The van der Waals surface area contributed by atoms with Gasteiger partial charge in [0, 0.05) is 4.47 Å². The molecule has 100 valence electrons. The molecular weight excluding hydrogens is 346 g/mol. The molecule has 0 saturated carbocycles. The molecule has 7 heteroatoms. The number of benzene rings is 1. The van der Waals surface area contributed by atoms with E-state index in [-0.39, 0.29) is 5.91 Å². The monoisotopic (exact) mass is 357 g/mol. The molecule has 4 nitrogen and oxygen atoms in total. The third-order valence-electron chi connectivity index (χ3n) is 2.23. The van der Waals surface area contributed by atoms with Crippen molar-refractivity contribution in [2.75, 3.05) is 11.1 Å². The van der Waals surface area contributed by atoms with Gasteiger partial charge in [0.05, 0.1) is 11.4 Å². The minimum absolute atomic E-state index is 0.0533. The summed E-state index contributed by atoms with van der Waals surface area (Å²) in [6.07, 6.45) is 0. The van der Waals surface area contributed by atoms with Crippen molar-refractivity contribution < 1.29 is 4.79 Å². The fourth-order valence-corrected chi connectivity index (χ4v) is 3.58. The fourth-order valence-electron chi connectivity index (χ4n) is 1.37. The molecule has 2 aromatic rings. The van der Waals surface area contributed by atoms with Crippen molar-refractivity contribution in [1.82, 2.24) is 10.2 Å². The number of halogens is 1. The van der Waals surface area contributed by atoms with Gasteiger partial charge in [-0.25, -0.2) is 0 Å². The van der Waals surface area contributed by atoms with Crippen LogP contribution in [0.4, 0.5) is 5.69 Å². The predicted octanol–water partition coefficient (Wildman–Crippen LogP) is 3.65. The van der Waals surface area contributed by atoms with Gasteiger partial charge >= 0.3 is 0 Å². The molecule has 0 spiro atoms. The van der Waals surface area contributed by atoms with Crippen LogP contribution in [0.5, 0.6) is 0 Å². The fraction of sp³-hybridized carbons (Fsp3) is 0.250. The Morgan fingerprint density at radius 1 is 1.42 bits per heavy atom. The summed E-state index contributed by atoms with van der Waals surface area (Å²) in [4.78, 5) is 11.8. The summed E-state index contributed by atoms with van der Waals surface area (Å²) in [5, 5.41) is 11.6. The lowest BCUT2D eigenvalue weighted by molar-refractivity contribution is -0.113. The number of aryl methyl sites for hydroxylation is 2. The topological polar surface area (TPSA) is 54.9 Å². The predicted molar refractivity (Wildman–Crippen MR) is 82.9 cm³/mol. The Morgan fingerprint density at radius 3 is 2.84 bits per heavy atom. The minimum Gasteiger partial charge on any atom is -0.324 e. The SMILES string of the molecule is Cc1ccc(NC(=O)CSc2nnc(C)s2)c(Br)c1. The molecule has 1 aromatic carbocycles. The van der Waals surface area contributed by atoms with Gasteiger partial charge in [-0.15, -0.1) is 10.2 Å². The Hall–Kier alpha value is -0.920. The first-order valence-corrected chi connectivity index (χ1v) is 8.13. The Labute approximate surface area is 128 Å². The molecule has 0 saturated heterocycles.